The maximum absolute atomic E-state index is 13.0. The van der Waals surface area contributed by atoms with Crippen molar-refractivity contribution in [3.05, 3.63) is 41.5 Å². The molecule has 0 heterocycles. The van der Waals surface area contributed by atoms with Crippen molar-refractivity contribution in [1.29, 1.82) is 0 Å². The average Bonchev–Trinajstić information content (AvgIpc) is 2.84. The van der Waals surface area contributed by atoms with Gasteiger partial charge in [0.1, 0.15) is 0 Å². The number of unbranched alkanes of at least 4 members (excludes halogenated alkanes) is 14. The van der Waals surface area contributed by atoms with Crippen LogP contribution < -0.4 is 0 Å². The molecule has 0 aliphatic carbocycles. The Morgan fingerprint density at radius 1 is 0.743 bits per heavy atom. The number of alkyl halides is 3. The van der Waals surface area contributed by atoms with Crippen LogP contribution in [0.25, 0.3) is 6.08 Å². The first-order valence-electron chi connectivity index (χ1n) is 14.0. The minimum Gasteiger partial charge on any atom is -0.339 e. The van der Waals surface area contributed by atoms with Gasteiger partial charge in [0.2, 0.25) is 5.91 Å². The van der Waals surface area contributed by atoms with Gasteiger partial charge in [-0.3, -0.25) is 4.79 Å². The number of rotatable bonds is 20. The third-order valence-electron chi connectivity index (χ3n) is 6.51. The first kappa shape index (κ1) is 31.3. The van der Waals surface area contributed by atoms with Gasteiger partial charge in [-0.2, -0.15) is 13.2 Å². The standard InChI is InChI=1S/C30H48F3NO/c1-3-5-7-9-11-13-15-17-24-34(25-18-16-14-12-10-8-6-4-2)29(35)23-22-27-20-19-21-28(26-27)30(31,32)33/h19-23,26H,3-18,24-25H2,1-2H3/b23-22+. The second-order valence-corrected chi connectivity index (χ2v) is 9.73. The molecular weight excluding hydrogens is 447 g/mol. The molecule has 2 nitrogen and oxygen atoms in total. The SMILES string of the molecule is CCCCCCCCCCN(CCCCCCCCCC)C(=O)/C=C/c1cccc(C(F)(F)F)c1. The first-order valence-corrected chi connectivity index (χ1v) is 14.0. The van der Waals surface area contributed by atoms with Gasteiger partial charge < -0.3 is 4.90 Å². The number of amides is 1. The van der Waals surface area contributed by atoms with E-state index in [2.05, 4.69) is 13.8 Å². The van der Waals surface area contributed by atoms with Crippen LogP contribution in [0, 0.1) is 0 Å². The van der Waals surface area contributed by atoms with Gasteiger partial charge in [0, 0.05) is 19.2 Å². The molecule has 0 N–H and O–H groups in total. The maximum atomic E-state index is 13.0. The number of benzene rings is 1. The van der Waals surface area contributed by atoms with E-state index in [0.29, 0.717) is 5.56 Å². The molecule has 0 saturated carbocycles. The number of carbonyl (C=O) groups is 1. The van der Waals surface area contributed by atoms with Crippen LogP contribution in [0.1, 0.15) is 128 Å². The minimum atomic E-state index is -4.38. The molecule has 1 aromatic rings. The normalized spacial score (nSPS) is 11.9. The van der Waals surface area contributed by atoms with Crippen LogP contribution >= 0.6 is 0 Å². The van der Waals surface area contributed by atoms with Crippen LogP contribution in [0.2, 0.25) is 0 Å². The largest absolute Gasteiger partial charge is 0.416 e. The molecule has 0 spiro atoms. The molecule has 1 rings (SSSR count). The van der Waals surface area contributed by atoms with Crippen LogP contribution in [0.3, 0.4) is 0 Å². The number of hydrogen-bond acceptors (Lipinski definition) is 1. The fourth-order valence-electron chi connectivity index (χ4n) is 4.30. The van der Waals surface area contributed by atoms with E-state index in [9.17, 15) is 18.0 Å². The molecule has 0 saturated heterocycles. The molecule has 0 aromatic heterocycles. The van der Waals surface area contributed by atoms with Gasteiger partial charge in [-0.25, -0.2) is 0 Å². The van der Waals surface area contributed by atoms with Crippen molar-refractivity contribution >= 4 is 12.0 Å². The van der Waals surface area contributed by atoms with E-state index >= 15 is 0 Å². The molecule has 0 unspecified atom stereocenters. The summed E-state index contributed by atoms with van der Waals surface area (Å²) >= 11 is 0. The Morgan fingerprint density at radius 2 is 1.20 bits per heavy atom. The van der Waals surface area contributed by atoms with Crippen LogP contribution in [0.15, 0.2) is 30.3 Å². The van der Waals surface area contributed by atoms with Crippen molar-refractivity contribution in [2.75, 3.05) is 13.1 Å². The maximum Gasteiger partial charge on any atom is 0.416 e. The highest BCUT2D eigenvalue weighted by atomic mass is 19.4. The number of nitrogens with zero attached hydrogens (tertiary/aromatic N) is 1. The zero-order valence-electron chi connectivity index (χ0n) is 22.2. The van der Waals surface area contributed by atoms with Gasteiger partial charge >= 0.3 is 6.18 Å². The quantitative estimate of drug-likeness (QED) is 0.130. The summed E-state index contributed by atoms with van der Waals surface area (Å²) < 4.78 is 38.9. The molecule has 0 aliphatic heterocycles. The molecule has 0 aliphatic rings. The smallest absolute Gasteiger partial charge is 0.339 e. The fourth-order valence-corrected chi connectivity index (χ4v) is 4.30. The van der Waals surface area contributed by atoms with Crippen molar-refractivity contribution in [2.45, 2.75) is 123 Å². The van der Waals surface area contributed by atoms with Gasteiger partial charge in [0.25, 0.3) is 0 Å². The molecule has 1 amide bonds. The van der Waals surface area contributed by atoms with E-state index in [4.69, 9.17) is 0 Å². The van der Waals surface area contributed by atoms with E-state index in [1.54, 1.807) is 6.07 Å². The lowest BCUT2D eigenvalue weighted by Crippen LogP contribution is -2.31. The minimum absolute atomic E-state index is 0.103. The molecule has 5 heteroatoms. The molecular formula is C30H48F3NO. The molecule has 0 radical (unpaired) electrons. The average molecular weight is 496 g/mol. The summed E-state index contributed by atoms with van der Waals surface area (Å²) in [5.74, 6) is -0.103. The Bertz CT molecular complexity index is 679. The van der Waals surface area contributed by atoms with E-state index in [1.807, 2.05) is 4.90 Å². The summed E-state index contributed by atoms with van der Waals surface area (Å²) in [6.45, 7) is 5.88. The Labute approximate surface area is 212 Å². The Hall–Kier alpha value is -1.78. The van der Waals surface area contributed by atoms with Crippen molar-refractivity contribution in [2.24, 2.45) is 0 Å². The first-order chi connectivity index (χ1) is 16.9. The number of hydrogen-bond donors (Lipinski definition) is 0. The molecule has 0 bridgehead atoms. The monoisotopic (exact) mass is 495 g/mol. The summed E-state index contributed by atoms with van der Waals surface area (Å²) in [6, 6.07) is 5.12. The van der Waals surface area contributed by atoms with E-state index < -0.39 is 11.7 Å². The van der Waals surface area contributed by atoms with E-state index in [-0.39, 0.29) is 5.91 Å². The van der Waals surface area contributed by atoms with Gasteiger partial charge in [-0.05, 0) is 36.6 Å². The summed E-state index contributed by atoms with van der Waals surface area (Å²) in [5, 5.41) is 0. The highest BCUT2D eigenvalue weighted by Crippen LogP contribution is 2.29. The zero-order chi connectivity index (χ0) is 25.8. The van der Waals surface area contributed by atoms with E-state index in [1.165, 1.54) is 95.3 Å². The summed E-state index contributed by atoms with van der Waals surface area (Å²) in [7, 11) is 0. The van der Waals surface area contributed by atoms with E-state index in [0.717, 1.165) is 50.9 Å². The Morgan fingerprint density at radius 3 is 1.66 bits per heavy atom. The van der Waals surface area contributed by atoms with Crippen LogP contribution in [-0.2, 0) is 11.0 Å². The highest BCUT2D eigenvalue weighted by Gasteiger charge is 2.30. The third kappa shape index (κ3) is 15.8. The van der Waals surface area contributed by atoms with Crippen LogP contribution in [-0.4, -0.2) is 23.9 Å². The summed E-state index contributed by atoms with van der Waals surface area (Å²) in [4.78, 5) is 14.8. The third-order valence-corrected chi connectivity index (χ3v) is 6.51. The van der Waals surface area contributed by atoms with Gasteiger partial charge in [0.05, 0.1) is 5.56 Å². The zero-order valence-corrected chi connectivity index (χ0v) is 22.2. The molecule has 0 fully saturated rings. The molecule has 0 atom stereocenters. The lowest BCUT2D eigenvalue weighted by molar-refractivity contribution is -0.137. The fraction of sp³-hybridized carbons (Fsp3) is 0.700. The number of carbonyl (C=O) groups excluding carboxylic acids is 1. The Balaban J connectivity index is 2.54. The van der Waals surface area contributed by atoms with Gasteiger partial charge in [0.15, 0.2) is 0 Å². The van der Waals surface area contributed by atoms with Crippen LogP contribution in [0.5, 0.6) is 0 Å². The summed E-state index contributed by atoms with van der Waals surface area (Å²) in [6.07, 6.45) is 18.0. The molecule has 200 valence electrons. The highest BCUT2D eigenvalue weighted by molar-refractivity contribution is 5.91. The molecule has 35 heavy (non-hydrogen) atoms. The van der Waals surface area contributed by atoms with Crippen molar-refractivity contribution < 1.29 is 18.0 Å². The Kier molecular flexibility index (Phi) is 17.3. The van der Waals surface area contributed by atoms with Gasteiger partial charge in [-0.1, -0.05) is 116 Å². The number of halogens is 3. The predicted molar refractivity (Wildman–Crippen MR) is 142 cm³/mol. The van der Waals surface area contributed by atoms with Crippen molar-refractivity contribution in [1.82, 2.24) is 4.90 Å². The molecule has 1 aromatic carbocycles. The second kappa shape index (κ2) is 19.4. The predicted octanol–water partition coefficient (Wildman–Crippen LogP) is 9.83. The lowest BCUT2D eigenvalue weighted by Gasteiger charge is -2.21. The lowest BCUT2D eigenvalue weighted by atomic mass is 10.1. The van der Waals surface area contributed by atoms with Gasteiger partial charge in [-0.15, -0.1) is 0 Å². The van der Waals surface area contributed by atoms with Crippen molar-refractivity contribution in [3.8, 4) is 0 Å². The second-order valence-electron chi connectivity index (χ2n) is 9.73. The summed E-state index contributed by atoms with van der Waals surface area (Å²) in [5.41, 5.74) is -0.297. The van der Waals surface area contributed by atoms with Crippen LogP contribution in [0.4, 0.5) is 13.2 Å². The van der Waals surface area contributed by atoms with Crippen molar-refractivity contribution in [3.63, 3.8) is 0 Å². The topological polar surface area (TPSA) is 20.3 Å².